The van der Waals surface area contributed by atoms with E-state index in [1.54, 1.807) is 6.20 Å². The number of hydrogen-bond donors (Lipinski definition) is 1. The van der Waals surface area contributed by atoms with Crippen LogP contribution in [0.15, 0.2) is 53.8 Å². The van der Waals surface area contributed by atoms with E-state index in [2.05, 4.69) is 22.4 Å². The number of aromatic nitrogens is 1. The fourth-order valence-electron chi connectivity index (χ4n) is 1.79. The van der Waals surface area contributed by atoms with Gasteiger partial charge in [-0.1, -0.05) is 42.4 Å². The Morgan fingerprint density at radius 2 is 2.00 bits per heavy atom. The number of oxime groups is 1. The third kappa shape index (κ3) is 3.82. The highest BCUT2D eigenvalue weighted by Gasteiger charge is 2.03. The summed E-state index contributed by atoms with van der Waals surface area (Å²) in [5.74, 6) is 0.842. The summed E-state index contributed by atoms with van der Waals surface area (Å²) in [7, 11) is 1.85. The highest BCUT2D eigenvalue weighted by Crippen LogP contribution is 2.09. The van der Waals surface area contributed by atoms with Crippen LogP contribution >= 0.6 is 0 Å². The highest BCUT2D eigenvalue weighted by molar-refractivity contribution is 5.99. The Bertz CT molecular complexity index is 550. The molecule has 0 aliphatic carbocycles. The van der Waals surface area contributed by atoms with Crippen LogP contribution < -0.4 is 5.32 Å². The second-order valence-corrected chi connectivity index (χ2v) is 4.33. The molecule has 0 fully saturated rings. The summed E-state index contributed by atoms with van der Waals surface area (Å²) in [5, 5.41) is 7.21. The molecule has 0 bridgehead atoms. The van der Waals surface area contributed by atoms with Crippen LogP contribution in [0.1, 0.15) is 24.5 Å². The Labute approximate surface area is 119 Å². The van der Waals surface area contributed by atoms with Crippen molar-refractivity contribution >= 4 is 11.5 Å². The second kappa shape index (κ2) is 7.28. The van der Waals surface area contributed by atoms with Crippen molar-refractivity contribution in [2.24, 2.45) is 5.16 Å². The average molecular weight is 269 g/mol. The first-order valence-electron chi connectivity index (χ1n) is 6.70. The average Bonchev–Trinajstić information content (AvgIpc) is 2.53. The number of pyridine rings is 1. The van der Waals surface area contributed by atoms with E-state index in [9.17, 15) is 0 Å². The number of hydrogen-bond acceptors (Lipinski definition) is 4. The van der Waals surface area contributed by atoms with E-state index in [1.807, 2.05) is 49.5 Å². The summed E-state index contributed by atoms with van der Waals surface area (Å²) in [5.41, 5.74) is 2.99. The monoisotopic (exact) mass is 269 g/mol. The van der Waals surface area contributed by atoms with Crippen molar-refractivity contribution in [3.05, 3.63) is 59.8 Å². The SMILES string of the molecule is CC/C(=N\OCc1ccccc1)c1ccc(NC)nc1. The summed E-state index contributed by atoms with van der Waals surface area (Å²) in [6.45, 7) is 2.53. The topological polar surface area (TPSA) is 46.5 Å². The molecule has 1 heterocycles. The van der Waals surface area contributed by atoms with Crippen LogP contribution in [0.5, 0.6) is 0 Å². The molecule has 0 aliphatic rings. The van der Waals surface area contributed by atoms with Gasteiger partial charge in [-0.3, -0.25) is 0 Å². The molecule has 4 nitrogen and oxygen atoms in total. The molecular weight excluding hydrogens is 250 g/mol. The summed E-state index contributed by atoms with van der Waals surface area (Å²) >= 11 is 0. The number of rotatable bonds is 6. The Morgan fingerprint density at radius 3 is 2.60 bits per heavy atom. The lowest BCUT2D eigenvalue weighted by Gasteiger charge is -2.06. The lowest BCUT2D eigenvalue weighted by Crippen LogP contribution is -2.02. The zero-order chi connectivity index (χ0) is 14.2. The normalized spacial score (nSPS) is 11.2. The van der Waals surface area contributed by atoms with Crippen LogP contribution in [-0.4, -0.2) is 17.7 Å². The van der Waals surface area contributed by atoms with Gasteiger partial charge in [0.15, 0.2) is 0 Å². The van der Waals surface area contributed by atoms with Gasteiger partial charge in [0.25, 0.3) is 0 Å². The highest BCUT2D eigenvalue weighted by atomic mass is 16.6. The van der Waals surface area contributed by atoms with Gasteiger partial charge in [0.1, 0.15) is 12.4 Å². The van der Waals surface area contributed by atoms with Crippen molar-refractivity contribution in [1.29, 1.82) is 0 Å². The van der Waals surface area contributed by atoms with E-state index in [1.165, 1.54) is 0 Å². The van der Waals surface area contributed by atoms with Gasteiger partial charge < -0.3 is 10.2 Å². The molecule has 0 saturated carbocycles. The molecule has 20 heavy (non-hydrogen) atoms. The van der Waals surface area contributed by atoms with Gasteiger partial charge in [-0.2, -0.15) is 0 Å². The summed E-state index contributed by atoms with van der Waals surface area (Å²) in [4.78, 5) is 9.71. The number of nitrogens with zero attached hydrogens (tertiary/aromatic N) is 2. The molecular formula is C16H19N3O. The third-order valence-corrected chi connectivity index (χ3v) is 2.94. The fourth-order valence-corrected chi connectivity index (χ4v) is 1.79. The van der Waals surface area contributed by atoms with E-state index < -0.39 is 0 Å². The molecule has 1 aromatic carbocycles. The fraction of sp³-hybridized carbons (Fsp3) is 0.250. The molecule has 0 unspecified atom stereocenters. The molecule has 0 saturated heterocycles. The van der Waals surface area contributed by atoms with Crippen LogP contribution in [0.4, 0.5) is 5.82 Å². The zero-order valence-corrected chi connectivity index (χ0v) is 11.8. The molecule has 1 aromatic heterocycles. The molecule has 0 aliphatic heterocycles. The van der Waals surface area contributed by atoms with Gasteiger partial charge in [-0.15, -0.1) is 0 Å². The van der Waals surface area contributed by atoms with Gasteiger partial charge >= 0.3 is 0 Å². The molecule has 2 aromatic rings. The summed E-state index contributed by atoms with van der Waals surface area (Å²) in [6, 6.07) is 13.9. The maximum absolute atomic E-state index is 5.43. The molecule has 0 spiro atoms. The van der Waals surface area contributed by atoms with Gasteiger partial charge in [0, 0.05) is 18.8 Å². The smallest absolute Gasteiger partial charge is 0.142 e. The molecule has 4 heteroatoms. The maximum atomic E-state index is 5.43. The van der Waals surface area contributed by atoms with Crippen molar-refractivity contribution in [2.75, 3.05) is 12.4 Å². The van der Waals surface area contributed by atoms with Crippen LogP contribution in [0, 0.1) is 0 Å². The summed E-state index contributed by atoms with van der Waals surface area (Å²) in [6.07, 6.45) is 2.61. The lowest BCUT2D eigenvalue weighted by atomic mass is 10.1. The summed E-state index contributed by atoms with van der Waals surface area (Å²) < 4.78 is 0. The molecule has 0 atom stereocenters. The minimum Gasteiger partial charge on any atom is -0.391 e. The van der Waals surface area contributed by atoms with Crippen molar-refractivity contribution in [2.45, 2.75) is 20.0 Å². The second-order valence-electron chi connectivity index (χ2n) is 4.33. The van der Waals surface area contributed by atoms with Crippen LogP contribution in [0.25, 0.3) is 0 Å². The Balaban J connectivity index is 2.01. The van der Waals surface area contributed by atoms with Gasteiger partial charge in [0.2, 0.25) is 0 Å². The number of nitrogens with one attached hydrogen (secondary N) is 1. The molecule has 1 N–H and O–H groups in total. The van der Waals surface area contributed by atoms with Crippen molar-refractivity contribution < 1.29 is 4.84 Å². The number of anilines is 1. The van der Waals surface area contributed by atoms with Crippen LogP contribution in [0.3, 0.4) is 0 Å². The van der Waals surface area contributed by atoms with Crippen molar-refractivity contribution in [3.8, 4) is 0 Å². The molecule has 2 rings (SSSR count). The molecule has 104 valence electrons. The van der Waals surface area contributed by atoms with Gasteiger partial charge in [-0.05, 0) is 24.1 Å². The Kier molecular flexibility index (Phi) is 5.12. The van der Waals surface area contributed by atoms with Gasteiger partial charge in [-0.25, -0.2) is 4.98 Å². The quantitative estimate of drug-likeness (QED) is 0.645. The van der Waals surface area contributed by atoms with E-state index in [0.717, 1.165) is 29.1 Å². The molecule has 0 radical (unpaired) electrons. The lowest BCUT2D eigenvalue weighted by molar-refractivity contribution is 0.130. The van der Waals surface area contributed by atoms with Crippen LogP contribution in [-0.2, 0) is 11.4 Å². The Morgan fingerprint density at radius 1 is 1.20 bits per heavy atom. The van der Waals surface area contributed by atoms with E-state index in [-0.39, 0.29) is 0 Å². The minimum atomic E-state index is 0.479. The van der Waals surface area contributed by atoms with E-state index in [4.69, 9.17) is 4.84 Å². The first-order chi connectivity index (χ1) is 9.83. The third-order valence-electron chi connectivity index (χ3n) is 2.94. The Hall–Kier alpha value is -2.36. The van der Waals surface area contributed by atoms with Crippen LogP contribution in [0.2, 0.25) is 0 Å². The predicted octanol–water partition coefficient (Wildman–Crippen LogP) is 3.45. The molecule has 0 amide bonds. The first kappa shape index (κ1) is 14.1. The zero-order valence-electron chi connectivity index (χ0n) is 11.8. The van der Waals surface area contributed by atoms with Gasteiger partial charge in [0.05, 0.1) is 5.71 Å². The standard InChI is InChI=1S/C16H19N3O/c1-3-15(14-9-10-16(17-2)18-11-14)19-20-12-13-7-5-4-6-8-13/h4-11H,3,12H2,1-2H3,(H,17,18)/b19-15+. The maximum Gasteiger partial charge on any atom is 0.142 e. The van der Waals surface area contributed by atoms with Crippen molar-refractivity contribution in [3.63, 3.8) is 0 Å². The number of benzene rings is 1. The predicted molar refractivity (Wildman–Crippen MR) is 81.8 cm³/mol. The van der Waals surface area contributed by atoms with E-state index in [0.29, 0.717) is 6.61 Å². The first-order valence-corrected chi connectivity index (χ1v) is 6.70. The largest absolute Gasteiger partial charge is 0.391 e. The van der Waals surface area contributed by atoms with Crippen molar-refractivity contribution in [1.82, 2.24) is 4.98 Å². The minimum absolute atomic E-state index is 0.479. The van der Waals surface area contributed by atoms with E-state index >= 15 is 0 Å².